The fourth-order valence-electron chi connectivity index (χ4n) is 2.11. The maximum atomic E-state index is 12.0. The van der Waals surface area contributed by atoms with Crippen molar-refractivity contribution in [1.82, 2.24) is 10.2 Å². The van der Waals surface area contributed by atoms with Crippen LogP contribution >= 0.6 is 0 Å². The Kier molecular flexibility index (Phi) is 5.36. The minimum absolute atomic E-state index is 0.0413. The molecule has 2 N–H and O–H groups in total. The van der Waals surface area contributed by atoms with Crippen molar-refractivity contribution in [2.45, 2.75) is 38.9 Å². The number of nitrogens with one attached hydrogen (secondary N) is 1. The van der Waals surface area contributed by atoms with Crippen LogP contribution in [0.3, 0.4) is 0 Å². The number of amides is 1. The molecule has 1 fully saturated rings. The molecule has 1 unspecified atom stereocenters. The summed E-state index contributed by atoms with van der Waals surface area (Å²) in [6.45, 7) is 8.53. The zero-order valence-corrected chi connectivity index (χ0v) is 11.0. The third kappa shape index (κ3) is 4.61. The summed E-state index contributed by atoms with van der Waals surface area (Å²) >= 11 is 0. The van der Waals surface area contributed by atoms with E-state index in [1.165, 1.54) is 0 Å². The number of hydrogen-bond donors (Lipinski definition) is 2. The molecule has 1 saturated heterocycles. The smallest absolute Gasteiger partial charge is 0.224 e. The molecule has 5 heteroatoms. The molecule has 0 aromatic carbocycles. The van der Waals surface area contributed by atoms with Crippen LogP contribution in [0.15, 0.2) is 0 Å². The standard InChI is InChI=1S/C12H24N2O3/c1-4-13-6-5-11(16)14-7-10(8-15)17-12(2,3)9-14/h10,13,15H,4-9H2,1-3H3. The quantitative estimate of drug-likeness (QED) is 0.668. The first-order valence-electron chi connectivity index (χ1n) is 6.25. The number of carbonyl (C=O) groups excluding carboxylic acids is 1. The van der Waals surface area contributed by atoms with Gasteiger partial charge in [0.25, 0.3) is 0 Å². The van der Waals surface area contributed by atoms with Crippen LogP contribution in [-0.2, 0) is 9.53 Å². The molecule has 0 bridgehead atoms. The van der Waals surface area contributed by atoms with Gasteiger partial charge in [0, 0.05) is 26.1 Å². The Morgan fingerprint density at radius 3 is 2.88 bits per heavy atom. The van der Waals surface area contributed by atoms with Crippen LogP contribution in [0.5, 0.6) is 0 Å². The van der Waals surface area contributed by atoms with E-state index < -0.39 is 0 Å². The summed E-state index contributed by atoms with van der Waals surface area (Å²) in [5, 5.41) is 12.3. The molecule has 1 atom stereocenters. The van der Waals surface area contributed by atoms with Gasteiger partial charge < -0.3 is 20.1 Å². The van der Waals surface area contributed by atoms with Crippen LogP contribution < -0.4 is 5.32 Å². The van der Waals surface area contributed by atoms with Crippen molar-refractivity contribution in [2.24, 2.45) is 0 Å². The normalized spacial score (nSPS) is 23.8. The Bertz CT molecular complexity index is 256. The van der Waals surface area contributed by atoms with Crippen molar-refractivity contribution in [3.05, 3.63) is 0 Å². The van der Waals surface area contributed by atoms with Crippen molar-refractivity contribution in [3.8, 4) is 0 Å². The van der Waals surface area contributed by atoms with Crippen molar-refractivity contribution in [2.75, 3.05) is 32.8 Å². The number of morpholine rings is 1. The van der Waals surface area contributed by atoms with E-state index in [-0.39, 0.29) is 24.2 Å². The first-order chi connectivity index (χ1) is 7.98. The van der Waals surface area contributed by atoms with Gasteiger partial charge in [0.05, 0.1) is 18.3 Å². The molecular formula is C12H24N2O3. The number of nitrogens with zero attached hydrogens (tertiary/aromatic N) is 1. The molecule has 0 aromatic rings. The van der Waals surface area contributed by atoms with Crippen LogP contribution in [0.25, 0.3) is 0 Å². The van der Waals surface area contributed by atoms with Crippen LogP contribution in [0.1, 0.15) is 27.2 Å². The van der Waals surface area contributed by atoms with E-state index in [1.807, 2.05) is 20.8 Å². The molecule has 1 aliphatic heterocycles. The van der Waals surface area contributed by atoms with Crippen molar-refractivity contribution >= 4 is 5.91 Å². The second-order valence-corrected chi connectivity index (χ2v) is 5.06. The third-order valence-electron chi connectivity index (χ3n) is 2.80. The summed E-state index contributed by atoms with van der Waals surface area (Å²) in [6, 6.07) is 0. The van der Waals surface area contributed by atoms with Crippen molar-refractivity contribution < 1.29 is 14.6 Å². The van der Waals surface area contributed by atoms with Gasteiger partial charge in [-0.1, -0.05) is 6.92 Å². The molecule has 1 amide bonds. The fraction of sp³-hybridized carbons (Fsp3) is 0.917. The van der Waals surface area contributed by atoms with E-state index in [9.17, 15) is 4.79 Å². The van der Waals surface area contributed by atoms with Gasteiger partial charge in [-0.15, -0.1) is 0 Å². The van der Waals surface area contributed by atoms with E-state index in [4.69, 9.17) is 9.84 Å². The van der Waals surface area contributed by atoms with Gasteiger partial charge in [0.15, 0.2) is 0 Å². The average Bonchev–Trinajstić information content (AvgIpc) is 2.27. The molecule has 1 aliphatic rings. The van der Waals surface area contributed by atoms with Gasteiger partial charge in [0.2, 0.25) is 5.91 Å². The predicted octanol–water partition coefficient (Wildman–Crippen LogP) is -0.0157. The van der Waals surface area contributed by atoms with E-state index >= 15 is 0 Å². The van der Waals surface area contributed by atoms with Crippen LogP contribution in [0.4, 0.5) is 0 Å². The average molecular weight is 244 g/mol. The summed E-state index contributed by atoms with van der Waals surface area (Å²) < 4.78 is 5.67. The summed E-state index contributed by atoms with van der Waals surface area (Å²) in [6.07, 6.45) is 0.240. The lowest BCUT2D eigenvalue weighted by Gasteiger charge is -2.42. The Labute approximate surface area is 103 Å². The van der Waals surface area contributed by atoms with Crippen LogP contribution in [0.2, 0.25) is 0 Å². The fourth-order valence-corrected chi connectivity index (χ4v) is 2.11. The van der Waals surface area contributed by atoms with Crippen molar-refractivity contribution in [1.29, 1.82) is 0 Å². The third-order valence-corrected chi connectivity index (χ3v) is 2.80. The molecule has 0 saturated carbocycles. The van der Waals surface area contributed by atoms with Gasteiger partial charge in [-0.3, -0.25) is 4.79 Å². The lowest BCUT2D eigenvalue weighted by molar-refractivity contribution is -0.166. The van der Waals surface area contributed by atoms with E-state index in [1.54, 1.807) is 4.90 Å². The number of carbonyl (C=O) groups is 1. The van der Waals surface area contributed by atoms with E-state index in [0.717, 1.165) is 6.54 Å². The maximum absolute atomic E-state index is 12.0. The van der Waals surface area contributed by atoms with Crippen molar-refractivity contribution in [3.63, 3.8) is 0 Å². The Hall–Kier alpha value is -0.650. The molecule has 5 nitrogen and oxygen atoms in total. The Morgan fingerprint density at radius 1 is 1.59 bits per heavy atom. The summed E-state index contributed by atoms with van der Waals surface area (Å²) in [4.78, 5) is 13.8. The van der Waals surface area contributed by atoms with Gasteiger partial charge in [-0.25, -0.2) is 0 Å². The summed E-state index contributed by atoms with van der Waals surface area (Å²) in [5.41, 5.74) is -0.376. The Morgan fingerprint density at radius 2 is 2.29 bits per heavy atom. The van der Waals surface area contributed by atoms with E-state index in [2.05, 4.69) is 5.32 Å². The molecule has 1 heterocycles. The molecular weight excluding hydrogens is 220 g/mol. The van der Waals surface area contributed by atoms with Gasteiger partial charge in [0.1, 0.15) is 0 Å². The largest absolute Gasteiger partial charge is 0.394 e. The minimum Gasteiger partial charge on any atom is -0.394 e. The first kappa shape index (κ1) is 14.4. The zero-order valence-electron chi connectivity index (χ0n) is 11.0. The lowest BCUT2D eigenvalue weighted by atomic mass is 10.0. The predicted molar refractivity (Wildman–Crippen MR) is 65.8 cm³/mol. The molecule has 0 spiro atoms. The number of rotatable bonds is 5. The van der Waals surface area contributed by atoms with Gasteiger partial charge in [-0.05, 0) is 20.4 Å². The highest BCUT2D eigenvalue weighted by atomic mass is 16.5. The lowest BCUT2D eigenvalue weighted by Crippen LogP contribution is -2.55. The number of aliphatic hydroxyl groups is 1. The van der Waals surface area contributed by atoms with Crippen LogP contribution in [-0.4, -0.2) is 60.4 Å². The molecule has 1 rings (SSSR count). The number of aliphatic hydroxyl groups excluding tert-OH is 1. The summed E-state index contributed by atoms with van der Waals surface area (Å²) in [5.74, 6) is 0.126. The highest BCUT2D eigenvalue weighted by molar-refractivity contribution is 5.76. The molecule has 100 valence electrons. The number of hydrogen-bond acceptors (Lipinski definition) is 4. The highest BCUT2D eigenvalue weighted by Crippen LogP contribution is 2.21. The SMILES string of the molecule is CCNCCC(=O)N1CC(CO)OC(C)(C)C1. The first-order valence-corrected chi connectivity index (χ1v) is 6.25. The molecule has 17 heavy (non-hydrogen) atoms. The Balaban J connectivity index is 2.48. The second kappa shape index (κ2) is 6.33. The minimum atomic E-state index is -0.376. The molecule has 0 aromatic heterocycles. The van der Waals surface area contributed by atoms with Gasteiger partial charge >= 0.3 is 0 Å². The topological polar surface area (TPSA) is 61.8 Å². The van der Waals surface area contributed by atoms with Crippen LogP contribution in [0, 0.1) is 0 Å². The zero-order chi connectivity index (χ0) is 12.9. The molecule has 0 aliphatic carbocycles. The van der Waals surface area contributed by atoms with Gasteiger partial charge in [-0.2, -0.15) is 0 Å². The highest BCUT2D eigenvalue weighted by Gasteiger charge is 2.34. The molecule has 0 radical (unpaired) electrons. The van der Waals surface area contributed by atoms with E-state index in [0.29, 0.717) is 26.1 Å². The summed E-state index contributed by atoms with van der Waals surface area (Å²) in [7, 11) is 0. The number of ether oxygens (including phenoxy) is 1. The second-order valence-electron chi connectivity index (χ2n) is 5.06. The maximum Gasteiger partial charge on any atom is 0.224 e. The monoisotopic (exact) mass is 244 g/mol.